The van der Waals surface area contributed by atoms with Crippen molar-refractivity contribution in [2.24, 2.45) is 10.2 Å². The van der Waals surface area contributed by atoms with Crippen LogP contribution >= 0.6 is 12.6 Å². The molecule has 0 aromatic heterocycles. The van der Waals surface area contributed by atoms with Crippen LogP contribution in [0.5, 0.6) is 0 Å². The predicted octanol–water partition coefficient (Wildman–Crippen LogP) is 3.29. The molecule has 0 aliphatic heterocycles. The Bertz CT molecular complexity index is 882. The number of azo groups is 1. The van der Waals surface area contributed by atoms with Gasteiger partial charge in [0.2, 0.25) is 0 Å². The van der Waals surface area contributed by atoms with Crippen molar-refractivity contribution in [2.45, 2.75) is 11.3 Å². The molecule has 2 aromatic carbocycles. The van der Waals surface area contributed by atoms with Crippen molar-refractivity contribution in [1.29, 1.82) is 0 Å². The smallest absolute Gasteiger partial charge is 0.336 e. The van der Waals surface area contributed by atoms with Crippen molar-refractivity contribution in [2.75, 3.05) is 6.54 Å². The SMILES string of the molecule is O=C(O)CCNC(=O)c1cccc(N=Nc2ccc(S)c(C(=O)O)c2)c1. The van der Waals surface area contributed by atoms with Gasteiger partial charge in [0.25, 0.3) is 5.91 Å². The van der Waals surface area contributed by atoms with E-state index in [0.717, 1.165) is 0 Å². The first-order valence-corrected chi connectivity index (χ1v) is 7.89. The van der Waals surface area contributed by atoms with Crippen LogP contribution in [0.2, 0.25) is 0 Å². The Kier molecular flexibility index (Phi) is 6.45. The van der Waals surface area contributed by atoms with Crippen molar-refractivity contribution in [1.82, 2.24) is 5.32 Å². The van der Waals surface area contributed by atoms with Crippen LogP contribution in [-0.4, -0.2) is 34.6 Å². The number of carbonyl (C=O) groups excluding carboxylic acids is 1. The van der Waals surface area contributed by atoms with E-state index in [1.165, 1.54) is 18.2 Å². The number of rotatable bonds is 7. The highest BCUT2D eigenvalue weighted by Crippen LogP contribution is 2.24. The second kappa shape index (κ2) is 8.77. The Hall–Kier alpha value is -3.20. The van der Waals surface area contributed by atoms with Gasteiger partial charge in [-0.25, -0.2) is 4.79 Å². The van der Waals surface area contributed by atoms with Gasteiger partial charge >= 0.3 is 11.9 Å². The summed E-state index contributed by atoms with van der Waals surface area (Å²) in [6.45, 7) is 0.0218. The fraction of sp³-hybridized carbons (Fsp3) is 0.118. The zero-order chi connectivity index (χ0) is 19.1. The predicted molar refractivity (Wildman–Crippen MR) is 95.9 cm³/mol. The molecule has 0 heterocycles. The highest BCUT2D eigenvalue weighted by Gasteiger charge is 2.09. The minimum Gasteiger partial charge on any atom is -0.481 e. The maximum absolute atomic E-state index is 12.0. The van der Waals surface area contributed by atoms with Crippen molar-refractivity contribution < 1.29 is 24.6 Å². The van der Waals surface area contributed by atoms with Crippen LogP contribution in [0, 0.1) is 0 Å². The van der Waals surface area contributed by atoms with Crippen molar-refractivity contribution in [3.8, 4) is 0 Å². The molecule has 2 aromatic rings. The van der Waals surface area contributed by atoms with Crippen LogP contribution in [0.3, 0.4) is 0 Å². The minimum absolute atomic E-state index is 0.0105. The summed E-state index contributed by atoms with van der Waals surface area (Å²) in [7, 11) is 0. The molecule has 0 radical (unpaired) electrons. The third kappa shape index (κ3) is 5.42. The van der Waals surface area contributed by atoms with E-state index in [-0.39, 0.29) is 18.5 Å². The Balaban J connectivity index is 2.12. The highest BCUT2D eigenvalue weighted by molar-refractivity contribution is 7.80. The summed E-state index contributed by atoms with van der Waals surface area (Å²) < 4.78 is 0. The maximum atomic E-state index is 12.0. The van der Waals surface area contributed by atoms with E-state index in [9.17, 15) is 14.4 Å². The molecule has 8 nitrogen and oxygen atoms in total. The first-order valence-electron chi connectivity index (χ1n) is 7.45. The summed E-state index contributed by atoms with van der Waals surface area (Å²) in [5.41, 5.74) is 1.04. The largest absolute Gasteiger partial charge is 0.481 e. The van der Waals surface area contributed by atoms with Gasteiger partial charge in [0, 0.05) is 17.0 Å². The van der Waals surface area contributed by atoms with E-state index in [4.69, 9.17) is 10.2 Å². The molecule has 9 heteroatoms. The number of hydrogen-bond acceptors (Lipinski definition) is 6. The number of nitrogens with zero attached hydrogens (tertiary/aromatic N) is 2. The number of benzene rings is 2. The minimum atomic E-state index is -1.12. The molecule has 0 aliphatic carbocycles. The molecular weight excluding hydrogens is 358 g/mol. The van der Waals surface area contributed by atoms with E-state index in [1.807, 2.05) is 0 Å². The second-order valence-corrected chi connectivity index (χ2v) is 5.64. The summed E-state index contributed by atoms with van der Waals surface area (Å²) >= 11 is 4.06. The van der Waals surface area contributed by atoms with Gasteiger partial charge in [-0.15, -0.1) is 12.6 Å². The number of hydrogen-bond donors (Lipinski definition) is 4. The lowest BCUT2D eigenvalue weighted by atomic mass is 10.2. The lowest BCUT2D eigenvalue weighted by molar-refractivity contribution is -0.136. The molecule has 0 saturated carbocycles. The van der Waals surface area contributed by atoms with Crippen LogP contribution in [0.1, 0.15) is 27.1 Å². The normalized spacial score (nSPS) is 10.7. The van der Waals surface area contributed by atoms with E-state index < -0.39 is 17.8 Å². The number of amides is 1. The van der Waals surface area contributed by atoms with E-state index >= 15 is 0 Å². The molecule has 0 bridgehead atoms. The van der Waals surface area contributed by atoms with E-state index in [0.29, 0.717) is 21.8 Å². The quantitative estimate of drug-likeness (QED) is 0.437. The standard InChI is InChI=1S/C17H15N3O5S/c21-15(22)6-7-18-16(23)10-2-1-3-11(8-10)19-20-12-4-5-14(26)13(9-12)17(24)25/h1-5,8-9,26H,6-7H2,(H,18,23)(H,21,22)(H,24,25). The third-order valence-corrected chi connectivity index (χ3v) is 3.61. The van der Waals surface area contributed by atoms with Crippen LogP contribution in [0.4, 0.5) is 11.4 Å². The van der Waals surface area contributed by atoms with Crippen LogP contribution in [-0.2, 0) is 4.79 Å². The number of aliphatic carboxylic acids is 1. The summed E-state index contributed by atoms with van der Waals surface area (Å²) in [5, 5.41) is 28.1. The molecule has 0 saturated heterocycles. The molecule has 0 atom stereocenters. The Morgan fingerprint density at radius 3 is 2.35 bits per heavy atom. The van der Waals surface area contributed by atoms with Crippen molar-refractivity contribution >= 4 is 41.8 Å². The van der Waals surface area contributed by atoms with Gasteiger partial charge in [-0.2, -0.15) is 10.2 Å². The molecule has 2 rings (SSSR count). The Morgan fingerprint density at radius 1 is 1.00 bits per heavy atom. The average molecular weight is 373 g/mol. The van der Waals surface area contributed by atoms with Gasteiger partial charge in [-0.3, -0.25) is 9.59 Å². The number of carboxylic acids is 2. The lowest BCUT2D eigenvalue weighted by Gasteiger charge is -2.04. The molecule has 1 amide bonds. The molecule has 0 fully saturated rings. The number of carboxylic acid groups (broad SMARTS) is 2. The Morgan fingerprint density at radius 2 is 1.69 bits per heavy atom. The first-order chi connectivity index (χ1) is 12.4. The topological polar surface area (TPSA) is 128 Å². The molecular formula is C17H15N3O5S. The van der Waals surface area contributed by atoms with Gasteiger partial charge in [0.1, 0.15) is 0 Å². The summed E-state index contributed by atoms with van der Waals surface area (Å²) in [4.78, 5) is 33.8. The molecule has 26 heavy (non-hydrogen) atoms. The monoisotopic (exact) mass is 373 g/mol. The zero-order valence-electron chi connectivity index (χ0n) is 13.4. The average Bonchev–Trinajstić information content (AvgIpc) is 2.60. The van der Waals surface area contributed by atoms with Gasteiger partial charge in [-0.1, -0.05) is 6.07 Å². The lowest BCUT2D eigenvalue weighted by Crippen LogP contribution is -2.25. The van der Waals surface area contributed by atoms with Gasteiger partial charge in [0.05, 0.1) is 23.4 Å². The zero-order valence-corrected chi connectivity index (χ0v) is 14.3. The van der Waals surface area contributed by atoms with Crippen molar-refractivity contribution in [3.63, 3.8) is 0 Å². The molecule has 134 valence electrons. The van der Waals surface area contributed by atoms with Crippen molar-refractivity contribution in [3.05, 3.63) is 53.6 Å². The first kappa shape index (κ1) is 19.1. The number of nitrogens with one attached hydrogen (secondary N) is 1. The van der Waals surface area contributed by atoms with Gasteiger partial charge < -0.3 is 15.5 Å². The number of carbonyl (C=O) groups is 3. The molecule has 0 spiro atoms. The van der Waals surface area contributed by atoms with Crippen LogP contribution in [0.15, 0.2) is 57.6 Å². The van der Waals surface area contributed by atoms with E-state index in [1.54, 1.807) is 24.3 Å². The summed E-state index contributed by atoms with van der Waals surface area (Å²) in [5.74, 6) is -2.54. The highest BCUT2D eigenvalue weighted by atomic mass is 32.1. The van der Waals surface area contributed by atoms with Gasteiger partial charge in [-0.05, 0) is 36.4 Å². The Labute approximate surface area is 154 Å². The number of aromatic carboxylic acids is 1. The maximum Gasteiger partial charge on any atom is 0.336 e. The van der Waals surface area contributed by atoms with E-state index in [2.05, 4.69) is 28.2 Å². The van der Waals surface area contributed by atoms with Gasteiger partial charge in [0.15, 0.2) is 0 Å². The fourth-order valence-corrected chi connectivity index (χ4v) is 2.20. The van der Waals surface area contributed by atoms with Crippen LogP contribution in [0.25, 0.3) is 0 Å². The fourth-order valence-electron chi connectivity index (χ4n) is 1.97. The van der Waals surface area contributed by atoms with Crippen LogP contribution < -0.4 is 5.32 Å². The molecule has 3 N–H and O–H groups in total. The number of thiol groups is 1. The molecule has 0 unspecified atom stereocenters. The summed E-state index contributed by atoms with van der Waals surface area (Å²) in [6, 6.07) is 10.7. The summed E-state index contributed by atoms with van der Waals surface area (Å²) in [6.07, 6.45) is -0.168. The second-order valence-electron chi connectivity index (χ2n) is 5.16. The molecule has 0 aliphatic rings. The third-order valence-electron chi connectivity index (χ3n) is 3.22.